The Hall–Kier alpha value is -2.97. The standard InChI is InChI=1S/C16H13F3N2O4/c1-15(12-3-2-8-24-12)13(22)21(14(23)20-15)9-10-4-6-11(7-5-10)25-16(17,18)19/h2-8H,9H2,1H3,(H,20,23)/t15-/m0/s1. The van der Waals surface area contributed by atoms with E-state index < -0.39 is 23.8 Å². The maximum Gasteiger partial charge on any atom is 0.573 e. The van der Waals surface area contributed by atoms with Crippen LogP contribution in [0.25, 0.3) is 0 Å². The fourth-order valence-corrected chi connectivity index (χ4v) is 2.55. The third-order valence-corrected chi connectivity index (χ3v) is 3.79. The van der Waals surface area contributed by atoms with Crippen LogP contribution in [0.3, 0.4) is 0 Å². The van der Waals surface area contributed by atoms with E-state index in [1.807, 2.05) is 0 Å². The van der Waals surface area contributed by atoms with Gasteiger partial charge in [-0.3, -0.25) is 9.69 Å². The summed E-state index contributed by atoms with van der Waals surface area (Å²) in [5.41, 5.74) is -0.846. The summed E-state index contributed by atoms with van der Waals surface area (Å²) in [6, 6.07) is 7.50. The molecule has 0 unspecified atom stereocenters. The number of hydrogen-bond acceptors (Lipinski definition) is 4. The Morgan fingerprint density at radius 1 is 1.20 bits per heavy atom. The predicted molar refractivity (Wildman–Crippen MR) is 78.3 cm³/mol. The summed E-state index contributed by atoms with van der Waals surface area (Å²) >= 11 is 0. The van der Waals surface area contributed by atoms with E-state index in [1.165, 1.54) is 25.3 Å². The van der Waals surface area contributed by atoms with E-state index in [4.69, 9.17) is 4.42 Å². The molecule has 2 aromatic rings. The number of nitrogens with zero attached hydrogens (tertiary/aromatic N) is 1. The number of furan rings is 1. The van der Waals surface area contributed by atoms with E-state index >= 15 is 0 Å². The Morgan fingerprint density at radius 3 is 2.44 bits per heavy atom. The maximum absolute atomic E-state index is 12.6. The molecule has 1 aliphatic rings. The number of imide groups is 1. The molecule has 1 aromatic heterocycles. The van der Waals surface area contributed by atoms with Crippen LogP contribution in [0.2, 0.25) is 0 Å². The molecular formula is C16H13F3N2O4. The first kappa shape index (κ1) is 16.9. The van der Waals surface area contributed by atoms with Crippen molar-refractivity contribution < 1.29 is 31.9 Å². The number of carbonyl (C=O) groups is 2. The van der Waals surface area contributed by atoms with Gasteiger partial charge in [0.15, 0.2) is 5.54 Å². The molecule has 3 amide bonds. The number of alkyl halides is 3. The van der Waals surface area contributed by atoms with Gasteiger partial charge in [-0.2, -0.15) is 0 Å². The topological polar surface area (TPSA) is 71.8 Å². The molecule has 1 saturated heterocycles. The Balaban J connectivity index is 1.75. The summed E-state index contributed by atoms with van der Waals surface area (Å²) < 4.78 is 45.5. The monoisotopic (exact) mass is 354 g/mol. The largest absolute Gasteiger partial charge is 0.573 e. The lowest BCUT2D eigenvalue weighted by Crippen LogP contribution is -2.40. The van der Waals surface area contributed by atoms with Crippen LogP contribution in [-0.4, -0.2) is 23.2 Å². The maximum atomic E-state index is 12.6. The van der Waals surface area contributed by atoms with Crippen LogP contribution in [0, 0.1) is 0 Å². The molecule has 1 aliphatic heterocycles. The molecule has 0 saturated carbocycles. The number of benzene rings is 1. The molecule has 3 rings (SSSR count). The minimum atomic E-state index is -4.78. The molecule has 1 aromatic carbocycles. The van der Waals surface area contributed by atoms with Crippen molar-refractivity contribution in [2.75, 3.05) is 0 Å². The number of nitrogens with one attached hydrogen (secondary N) is 1. The molecule has 132 valence electrons. The van der Waals surface area contributed by atoms with Gasteiger partial charge >= 0.3 is 12.4 Å². The van der Waals surface area contributed by atoms with Crippen LogP contribution >= 0.6 is 0 Å². The summed E-state index contributed by atoms with van der Waals surface area (Å²) in [5, 5.41) is 2.57. The molecule has 2 heterocycles. The van der Waals surface area contributed by atoms with Gasteiger partial charge in [-0.25, -0.2) is 4.79 Å². The lowest BCUT2D eigenvalue weighted by Gasteiger charge is -2.19. The van der Waals surface area contributed by atoms with Crippen LogP contribution in [0.4, 0.5) is 18.0 Å². The van der Waals surface area contributed by atoms with Gasteiger partial charge in [0, 0.05) is 0 Å². The molecule has 1 N–H and O–H groups in total. The molecule has 0 radical (unpaired) electrons. The summed E-state index contributed by atoms with van der Waals surface area (Å²) in [5.74, 6) is -0.598. The van der Waals surface area contributed by atoms with Gasteiger partial charge in [-0.15, -0.1) is 13.2 Å². The second-order valence-corrected chi connectivity index (χ2v) is 5.62. The Morgan fingerprint density at radius 2 is 1.88 bits per heavy atom. The van der Waals surface area contributed by atoms with Gasteiger partial charge in [0.2, 0.25) is 0 Å². The smallest absolute Gasteiger partial charge is 0.466 e. The first-order chi connectivity index (χ1) is 11.7. The number of hydrogen-bond donors (Lipinski definition) is 1. The molecular weight excluding hydrogens is 341 g/mol. The zero-order chi connectivity index (χ0) is 18.2. The molecule has 9 heteroatoms. The number of halogens is 3. The number of rotatable bonds is 4. The van der Waals surface area contributed by atoms with E-state index in [0.717, 1.165) is 17.0 Å². The molecule has 0 aliphatic carbocycles. The van der Waals surface area contributed by atoms with Crippen molar-refractivity contribution >= 4 is 11.9 Å². The van der Waals surface area contributed by atoms with E-state index in [9.17, 15) is 22.8 Å². The van der Waals surface area contributed by atoms with Gasteiger partial charge < -0.3 is 14.5 Å². The van der Waals surface area contributed by atoms with Crippen LogP contribution in [-0.2, 0) is 16.9 Å². The molecule has 1 atom stereocenters. The van der Waals surface area contributed by atoms with E-state index in [1.54, 1.807) is 12.1 Å². The van der Waals surface area contributed by atoms with Crippen LogP contribution in [0.15, 0.2) is 47.1 Å². The molecule has 0 spiro atoms. The number of carbonyl (C=O) groups excluding carboxylic acids is 2. The van der Waals surface area contributed by atoms with Crippen LogP contribution in [0.1, 0.15) is 18.2 Å². The highest BCUT2D eigenvalue weighted by Crippen LogP contribution is 2.30. The molecule has 1 fully saturated rings. The average Bonchev–Trinajstić information content (AvgIpc) is 3.12. The van der Waals surface area contributed by atoms with E-state index in [-0.39, 0.29) is 12.3 Å². The van der Waals surface area contributed by atoms with Gasteiger partial charge in [0.25, 0.3) is 5.91 Å². The normalized spacial score (nSPS) is 20.7. The molecule has 25 heavy (non-hydrogen) atoms. The number of amides is 3. The Bertz CT molecular complexity index is 787. The predicted octanol–water partition coefficient (Wildman–Crippen LogP) is 3.15. The second kappa shape index (κ2) is 5.83. The highest BCUT2D eigenvalue weighted by atomic mass is 19.4. The molecule has 0 bridgehead atoms. The summed E-state index contributed by atoms with van der Waals surface area (Å²) in [6.45, 7) is 1.43. The SMILES string of the molecule is C[C@@]1(c2ccco2)NC(=O)N(Cc2ccc(OC(F)(F)F)cc2)C1=O. The van der Waals surface area contributed by atoms with Crippen molar-refractivity contribution in [1.29, 1.82) is 0 Å². The van der Waals surface area contributed by atoms with Crippen LogP contribution in [0.5, 0.6) is 5.75 Å². The van der Waals surface area contributed by atoms with Crippen molar-refractivity contribution in [1.82, 2.24) is 10.2 Å². The minimum absolute atomic E-state index is 0.0900. The fraction of sp³-hybridized carbons (Fsp3) is 0.250. The Labute approximate surface area is 140 Å². The number of ether oxygens (including phenoxy) is 1. The zero-order valence-corrected chi connectivity index (χ0v) is 13.0. The highest BCUT2D eigenvalue weighted by Gasteiger charge is 2.50. The second-order valence-electron chi connectivity index (χ2n) is 5.62. The van der Waals surface area contributed by atoms with E-state index in [0.29, 0.717) is 11.3 Å². The van der Waals surface area contributed by atoms with Crippen molar-refractivity contribution in [3.05, 3.63) is 54.0 Å². The highest BCUT2D eigenvalue weighted by molar-refractivity contribution is 6.06. The first-order valence-corrected chi connectivity index (χ1v) is 7.22. The fourth-order valence-electron chi connectivity index (χ4n) is 2.55. The third-order valence-electron chi connectivity index (χ3n) is 3.79. The minimum Gasteiger partial charge on any atom is -0.466 e. The lowest BCUT2D eigenvalue weighted by atomic mass is 9.99. The quantitative estimate of drug-likeness (QED) is 0.857. The zero-order valence-electron chi connectivity index (χ0n) is 13.0. The first-order valence-electron chi connectivity index (χ1n) is 7.22. The average molecular weight is 354 g/mol. The van der Waals surface area contributed by atoms with Crippen molar-refractivity contribution in [3.8, 4) is 5.75 Å². The number of urea groups is 1. The van der Waals surface area contributed by atoms with Crippen molar-refractivity contribution in [2.24, 2.45) is 0 Å². The summed E-state index contributed by atoms with van der Waals surface area (Å²) in [7, 11) is 0. The molecule has 6 nitrogen and oxygen atoms in total. The Kier molecular flexibility index (Phi) is 3.94. The summed E-state index contributed by atoms with van der Waals surface area (Å²) in [6.07, 6.45) is -3.39. The van der Waals surface area contributed by atoms with Crippen molar-refractivity contribution in [2.45, 2.75) is 25.4 Å². The van der Waals surface area contributed by atoms with Gasteiger partial charge in [-0.1, -0.05) is 12.1 Å². The van der Waals surface area contributed by atoms with E-state index in [2.05, 4.69) is 10.1 Å². The van der Waals surface area contributed by atoms with Gasteiger partial charge in [0.05, 0.1) is 12.8 Å². The summed E-state index contributed by atoms with van der Waals surface area (Å²) in [4.78, 5) is 25.7. The van der Waals surface area contributed by atoms with Crippen molar-refractivity contribution in [3.63, 3.8) is 0 Å². The third kappa shape index (κ3) is 3.30. The van der Waals surface area contributed by atoms with Gasteiger partial charge in [-0.05, 0) is 36.8 Å². The lowest BCUT2D eigenvalue weighted by molar-refractivity contribution is -0.274. The van der Waals surface area contributed by atoms with Gasteiger partial charge in [0.1, 0.15) is 11.5 Å². The van der Waals surface area contributed by atoms with Crippen LogP contribution < -0.4 is 10.1 Å².